The van der Waals surface area contributed by atoms with Crippen molar-refractivity contribution in [1.29, 1.82) is 0 Å². The van der Waals surface area contributed by atoms with Gasteiger partial charge in [-0.1, -0.05) is 47.5 Å². The summed E-state index contributed by atoms with van der Waals surface area (Å²) in [7, 11) is 0. The molecule has 2 aromatic carbocycles. The van der Waals surface area contributed by atoms with Crippen LogP contribution in [0.5, 0.6) is 0 Å². The number of esters is 2. The SMILES string of the molecule is Cl.Cl.O=C(OCCN1CCN(CCOC(=O)c2ccccc2Cl)CC1)c1ccccc1Cl. The van der Waals surface area contributed by atoms with Gasteiger partial charge in [-0.05, 0) is 24.3 Å². The molecule has 176 valence electrons. The van der Waals surface area contributed by atoms with Crippen LogP contribution in [0.3, 0.4) is 0 Å². The third-order valence-electron chi connectivity index (χ3n) is 4.93. The van der Waals surface area contributed by atoms with Crippen LogP contribution in [0.25, 0.3) is 0 Å². The van der Waals surface area contributed by atoms with E-state index < -0.39 is 11.9 Å². The smallest absolute Gasteiger partial charge is 0.339 e. The summed E-state index contributed by atoms with van der Waals surface area (Å²) in [5.74, 6) is -0.806. The van der Waals surface area contributed by atoms with Crippen LogP contribution in [0.2, 0.25) is 10.0 Å². The molecule has 0 amide bonds. The van der Waals surface area contributed by atoms with Gasteiger partial charge in [-0.2, -0.15) is 0 Å². The van der Waals surface area contributed by atoms with Crippen molar-refractivity contribution in [2.75, 3.05) is 52.5 Å². The summed E-state index contributed by atoms with van der Waals surface area (Å²) in [6.07, 6.45) is 0. The van der Waals surface area contributed by atoms with Crippen molar-refractivity contribution in [2.24, 2.45) is 0 Å². The van der Waals surface area contributed by atoms with Crippen molar-refractivity contribution >= 4 is 60.0 Å². The number of hydrogen-bond donors (Lipinski definition) is 0. The Morgan fingerprint density at radius 1 is 0.688 bits per heavy atom. The molecule has 1 heterocycles. The van der Waals surface area contributed by atoms with Crippen LogP contribution in [0.1, 0.15) is 20.7 Å². The molecular formula is C22H26Cl4N2O4. The first-order valence-electron chi connectivity index (χ1n) is 9.82. The van der Waals surface area contributed by atoms with Crippen molar-refractivity contribution < 1.29 is 19.1 Å². The first-order chi connectivity index (χ1) is 14.5. The van der Waals surface area contributed by atoms with Crippen LogP contribution < -0.4 is 0 Å². The Labute approximate surface area is 210 Å². The van der Waals surface area contributed by atoms with Gasteiger partial charge in [0.2, 0.25) is 0 Å². The molecule has 0 saturated carbocycles. The molecule has 1 aliphatic heterocycles. The number of halogens is 4. The standard InChI is InChI=1S/C22H24Cl2N2O4.2ClH/c23-19-7-3-1-5-17(19)21(27)29-15-13-25-9-11-26(12-10-25)14-16-30-22(28)18-6-2-4-8-20(18)24;;/h1-8H,9-16H2;2*1H. The van der Waals surface area contributed by atoms with Gasteiger partial charge < -0.3 is 9.47 Å². The highest BCUT2D eigenvalue weighted by Crippen LogP contribution is 2.17. The van der Waals surface area contributed by atoms with Crippen LogP contribution >= 0.6 is 48.0 Å². The molecule has 32 heavy (non-hydrogen) atoms. The van der Waals surface area contributed by atoms with Crippen molar-refractivity contribution in [3.63, 3.8) is 0 Å². The van der Waals surface area contributed by atoms with E-state index in [0.717, 1.165) is 26.2 Å². The minimum atomic E-state index is -0.403. The lowest BCUT2D eigenvalue weighted by atomic mass is 10.2. The van der Waals surface area contributed by atoms with Gasteiger partial charge >= 0.3 is 11.9 Å². The molecule has 0 aliphatic carbocycles. The van der Waals surface area contributed by atoms with E-state index in [1.165, 1.54) is 0 Å². The second kappa shape index (κ2) is 14.6. The molecule has 0 spiro atoms. The van der Waals surface area contributed by atoms with Crippen molar-refractivity contribution in [3.8, 4) is 0 Å². The zero-order valence-corrected chi connectivity index (χ0v) is 20.5. The Hall–Kier alpha value is -1.54. The Kier molecular flexibility index (Phi) is 13.0. The lowest BCUT2D eigenvalue weighted by Crippen LogP contribution is -2.48. The second-order valence-electron chi connectivity index (χ2n) is 6.91. The number of ether oxygens (including phenoxy) is 2. The van der Waals surface area contributed by atoms with Crippen molar-refractivity contribution in [2.45, 2.75) is 0 Å². The average Bonchev–Trinajstić information content (AvgIpc) is 2.75. The van der Waals surface area contributed by atoms with Gasteiger partial charge in [-0.25, -0.2) is 9.59 Å². The first kappa shape index (κ1) is 28.5. The molecule has 0 unspecified atom stereocenters. The molecule has 0 N–H and O–H groups in total. The fourth-order valence-corrected chi connectivity index (χ4v) is 3.61. The van der Waals surface area contributed by atoms with E-state index >= 15 is 0 Å². The van der Waals surface area contributed by atoms with E-state index in [2.05, 4.69) is 9.80 Å². The summed E-state index contributed by atoms with van der Waals surface area (Å²) >= 11 is 12.0. The van der Waals surface area contributed by atoms with E-state index in [4.69, 9.17) is 32.7 Å². The summed E-state index contributed by atoms with van der Waals surface area (Å²) in [5.41, 5.74) is 0.769. The number of benzene rings is 2. The van der Waals surface area contributed by atoms with E-state index in [9.17, 15) is 9.59 Å². The number of carbonyl (C=O) groups is 2. The summed E-state index contributed by atoms with van der Waals surface area (Å²) in [6.45, 7) is 5.43. The van der Waals surface area contributed by atoms with E-state index in [1.54, 1.807) is 48.5 Å². The van der Waals surface area contributed by atoms with Gasteiger partial charge in [0.15, 0.2) is 0 Å². The van der Waals surface area contributed by atoms with E-state index in [-0.39, 0.29) is 24.8 Å². The zero-order chi connectivity index (χ0) is 21.3. The maximum atomic E-state index is 12.1. The van der Waals surface area contributed by atoms with E-state index in [1.807, 2.05) is 0 Å². The summed E-state index contributed by atoms with van der Waals surface area (Å²) in [5, 5.41) is 0.790. The summed E-state index contributed by atoms with van der Waals surface area (Å²) in [4.78, 5) is 28.6. The lowest BCUT2D eigenvalue weighted by molar-refractivity contribution is 0.0352. The topological polar surface area (TPSA) is 59.1 Å². The third kappa shape index (κ3) is 8.43. The molecule has 10 heteroatoms. The molecule has 0 radical (unpaired) electrons. The molecule has 1 saturated heterocycles. The van der Waals surface area contributed by atoms with Gasteiger partial charge in [-0.3, -0.25) is 9.80 Å². The molecular weight excluding hydrogens is 498 g/mol. The van der Waals surface area contributed by atoms with Crippen LogP contribution in [0, 0.1) is 0 Å². The maximum absolute atomic E-state index is 12.1. The Morgan fingerprint density at radius 2 is 1.03 bits per heavy atom. The summed E-state index contributed by atoms with van der Waals surface area (Å²) < 4.78 is 10.7. The quantitative estimate of drug-likeness (QED) is 0.476. The van der Waals surface area contributed by atoms with Crippen LogP contribution in [-0.4, -0.2) is 74.2 Å². The average molecular weight is 524 g/mol. The minimum absolute atomic E-state index is 0. The summed E-state index contributed by atoms with van der Waals surface area (Å²) in [6, 6.07) is 13.7. The lowest BCUT2D eigenvalue weighted by Gasteiger charge is -2.34. The third-order valence-corrected chi connectivity index (χ3v) is 5.59. The van der Waals surface area contributed by atoms with Crippen LogP contribution in [-0.2, 0) is 9.47 Å². The number of rotatable bonds is 8. The van der Waals surface area contributed by atoms with E-state index in [0.29, 0.717) is 47.5 Å². The predicted molar refractivity (Wildman–Crippen MR) is 131 cm³/mol. The highest BCUT2D eigenvalue weighted by atomic mass is 35.5. The van der Waals surface area contributed by atoms with Gasteiger partial charge in [0, 0.05) is 39.3 Å². The fourth-order valence-electron chi connectivity index (χ4n) is 3.18. The van der Waals surface area contributed by atoms with Crippen LogP contribution in [0.4, 0.5) is 0 Å². The van der Waals surface area contributed by atoms with Crippen molar-refractivity contribution in [1.82, 2.24) is 9.80 Å². The molecule has 0 bridgehead atoms. The van der Waals surface area contributed by atoms with Crippen molar-refractivity contribution in [3.05, 3.63) is 69.7 Å². The van der Waals surface area contributed by atoms with Gasteiger partial charge in [0.05, 0.1) is 21.2 Å². The van der Waals surface area contributed by atoms with Gasteiger partial charge in [0.1, 0.15) is 13.2 Å². The fraction of sp³-hybridized carbons (Fsp3) is 0.364. The molecule has 3 rings (SSSR count). The monoisotopic (exact) mass is 522 g/mol. The highest BCUT2D eigenvalue weighted by molar-refractivity contribution is 6.33. The molecule has 2 aromatic rings. The molecule has 1 fully saturated rings. The number of hydrogen-bond acceptors (Lipinski definition) is 6. The first-order valence-corrected chi connectivity index (χ1v) is 10.6. The number of piperazine rings is 1. The predicted octanol–water partition coefficient (Wildman–Crippen LogP) is 4.47. The Balaban J connectivity index is 0.00000256. The molecule has 1 aliphatic rings. The molecule has 0 aromatic heterocycles. The van der Waals surface area contributed by atoms with Gasteiger partial charge in [-0.15, -0.1) is 24.8 Å². The van der Waals surface area contributed by atoms with Gasteiger partial charge in [0.25, 0.3) is 0 Å². The molecule has 6 nitrogen and oxygen atoms in total. The zero-order valence-electron chi connectivity index (χ0n) is 17.4. The number of carbonyl (C=O) groups excluding carboxylic acids is 2. The maximum Gasteiger partial charge on any atom is 0.339 e. The normalized spacial score (nSPS) is 14.1. The minimum Gasteiger partial charge on any atom is -0.461 e. The largest absolute Gasteiger partial charge is 0.461 e. The Morgan fingerprint density at radius 3 is 1.38 bits per heavy atom. The second-order valence-corrected chi connectivity index (χ2v) is 7.73. The highest BCUT2D eigenvalue weighted by Gasteiger charge is 2.18. The Bertz CT molecular complexity index is 805. The molecule has 0 atom stereocenters. The number of nitrogens with zero attached hydrogens (tertiary/aromatic N) is 2. The van der Waals surface area contributed by atoms with Crippen LogP contribution in [0.15, 0.2) is 48.5 Å².